The number of nitrogens with one attached hydrogen (secondary N) is 3. The number of aromatic nitrogens is 2. The van der Waals surface area contributed by atoms with Gasteiger partial charge in [-0.25, -0.2) is 9.78 Å². The van der Waals surface area contributed by atoms with Gasteiger partial charge in [0.05, 0.1) is 17.1 Å². The predicted molar refractivity (Wildman–Crippen MR) is 112 cm³/mol. The van der Waals surface area contributed by atoms with Crippen LogP contribution in [0.3, 0.4) is 0 Å². The van der Waals surface area contributed by atoms with Crippen molar-refractivity contribution in [3.05, 3.63) is 59.9 Å². The Bertz CT molecular complexity index is 996. The molecule has 0 aliphatic carbocycles. The number of H-pyrrole nitrogens is 1. The van der Waals surface area contributed by atoms with E-state index in [4.69, 9.17) is 10.7 Å². The zero-order chi connectivity index (χ0) is 20.4. The fraction of sp³-hybridized carbons (Fsp3) is 0.286. The third kappa shape index (κ3) is 4.22. The van der Waals surface area contributed by atoms with Crippen molar-refractivity contribution in [3.63, 3.8) is 0 Å². The molecule has 2 atom stereocenters. The Balaban J connectivity index is 1.39. The Kier molecular flexibility index (Phi) is 5.18. The monoisotopic (exact) mass is 392 g/mol. The number of rotatable bonds is 4. The summed E-state index contributed by atoms with van der Waals surface area (Å²) in [5, 5.41) is 5.85. The molecule has 29 heavy (non-hydrogen) atoms. The van der Waals surface area contributed by atoms with Gasteiger partial charge in [-0.3, -0.25) is 9.69 Å². The summed E-state index contributed by atoms with van der Waals surface area (Å²) in [4.78, 5) is 33.9. The molecular formula is C21H24N6O2. The Labute approximate surface area is 168 Å². The van der Waals surface area contributed by atoms with E-state index in [-0.39, 0.29) is 18.1 Å². The summed E-state index contributed by atoms with van der Waals surface area (Å²) in [6.45, 7) is 0.861. The Morgan fingerprint density at radius 3 is 2.66 bits per heavy atom. The fourth-order valence-electron chi connectivity index (χ4n) is 3.73. The highest BCUT2D eigenvalue weighted by molar-refractivity contribution is 5.94. The van der Waals surface area contributed by atoms with Crippen molar-refractivity contribution in [2.24, 2.45) is 5.73 Å². The van der Waals surface area contributed by atoms with Gasteiger partial charge in [0.15, 0.2) is 0 Å². The van der Waals surface area contributed by atoms with E-state index in [0.29, 0.717) is 11.3 Å². The number of benzene rings is 2. The zero-order valence-electron chi connectivity index (χ0n) is 16.2. The molecule has 0 unspecified atom stereocenters. The van der Waals surface area contributed by atoms with E-state index in [0.717, 1.165) is 36.2 Å². The van der Waals surface area contributed by atoms with Crippen LogP contribution in [0, 0.1) is 0 Å². The van der Waals surface area contributed by atoms with Crippen molar-refractivity contribution in [3.8, 4) is 0 Å². The maximum Gasteiger partial charge on any atom is 0.319 e. The molecule has 1 saturated heterocycles. The first-order chi connectivity index (χ1) is 14.0. The number of anilines is 1. The molecule has 3 aromatic rings. The summed E-state index contributed by atoms with van der Waals surface area (Å²) in [6, 6.07) is 14.3. The van der Waals surface area contributed by atoms with Gasteiger partial charge in [-0.15, -0.1) is 0 Å². The van der Waals surface area contributed by atoms with Gasteiger partial charge >= 0.3 is 6.03 Å². The Hall–Kier alpha value is -3.39. The minimum absolute atomic E-state index is 0.0364. The van der Waals surface area contributed by atoms with Gasteiger partial charge in [-0.2, -0.15) is 0 Å². The van der Waals surface area contributed by atoms with Gasteiger partial charge in [0, 0.05) is 23.8 Å². The van der Waals surface area contributed by atoms with Crippen LogP contribution in [0.4, 0.5) is 10.5 Å². The van der Waals surface area contributed by atoms with Gasteiger partial charge in [-0.1, -0.05) is 12.1 Å². The second kappa shape index (κ2) is 7.92. The van der Waals surface area contributed by atoms with Crippen LogP contribution in [0.1, 0.15) is 35.1 Å². The number of hydrogen-bond donors (Lipinski definition) is 4. The fourth-order valence-corrected chi connectivity index (χ4v) is 3.73. The molecule has 0 bridgehead atoms. The number of nitrogens with two attached hydrogens (primary N) is 1. The molecular weight excluding hydrogens is 368 g/mol. The van der Waals surface area contributed by atoms with E-state index in [2.05, 4.69) is 27.6 Å². The highest BCUT2D eigenvalue weighted by Crippen LogP contribution is 2.29. The van der Waals surface area contributed by atoms with Gasteiger partial charge in [0.25, 0.3) is 0 Å². The number of nitrogens with zero attached hydrogens (tertiary/aromatic N) is 2. The number of primary amides is 1. The number of urea groups is 1. The van der Waals surface area contributed by atoms with Gasteiger partial charge in [0.1, 0.15) is 5.82 Å². The number of amides is 3. The van der Waals surface area contributed by atoms with E-state index in [1.807, 2.05) is 24.3 Å². The number of aromatic amines is 1. The first kappa shape index (κ1) is 18.9. The molecule has 2 aromatic carbocycles. The molecule has 1 fully saturated rings. The maximum atomic E-state index is 12.4. The number of carbonyl (C=O) groups is 2. The molecule has 8 heteroatoms. The molecule has 150 valence electrons. The van der Waals surface area contributed by atoms with Crippen LogP contribution in [0.15, 0.2) is 48.5 Å². The number of piperidine rings is 1. The lowest BCUT2D eigenvalue weighted by Gasteiger charge is -2.36. The van der Waals surface area contributed by atoms with Crippen LogP contribution < -0.4 is 16.4 Å². The second-order valence-electron chi connectivity index (χ2n) is 7.40. The third-order valence-corrected chi connectivity index (χ3v) is 5.36. The largest absolute Gasteiger partial charge is 0.366 e. The van der Waals surface area contributed by atoms with Crippen LogP contribution in [0.25, 0.3) is 11.0 Å². The summed E-state index contributed by atoms with van der Waals surface area (Å²) < 4.78 is 0. The number of carbonyl (C=O) groups excluding carboxylic acids is 2. The van der Waals surface area contributed by atoms with E-state index < -0.39 is 5.91 Å². The van der Waals surface area contributed by atoms with Crippen molar-refractivity contribution in [2.75, 3.05) is 18.9 Å². The van der Waals surface area contributed by atoms with Crippen LogP contribution in [0.5, 0.6) is 0 Å². The summed E-state index contributed by atoms with van der Waals surface area (Å²) in [6.07, 6.45) is 1.63. The van der Waals surface area contributed by atoms with Gasteiger partial charge in [0.2, 0.25) is 5.91 Å². The summed E-state index contributed by atoms with van der Waals surface area (Å²) in [7, 11) is 2.08. The minimum Gasteiger partial charge on any atom is -0.366 e. The molecule has 1 aliphatic heterocycles. The lowest BCUT2D eigenvalue weighted by molar-refractivity contribution is 0.100. The Morgan fingerprint density at radius 2 is 1.93 bits per heavy atom. The topological polar surface area (TPSA) is 116 Å². The van der Waals surface area contributed by atoms with Gasteiger partial charge in [-0.05, 0) is 56.3 Å². The molecule has 0 saturated carbocycles. The maximum absolute atomic E-state index is 12.4. The summed E-state index contributed by atoms with van der Waals surface area (Å²) >= 11 is 0. The van der Waals surface area contributed by atoms with Gasteiger partial charge < -0.3 is 21.4 Å². The second-order valence-corrected chi connectivity index (χ2v) is 7.40. The molecule has 2 heterocycles. The molecule has 4 rings (SSSR count). The Morgan fingerprint density at radius 1 is 1.17 bits per heavy atom. The number of hydrogen-bond acceptors (Lipinski definition) is 4. The lowest BCUT2D eigenvalue weighted by atomic mass is 9.97. The van der Waals surface area contributed by atoms with Crippen molar-refractivity contribution in [1.82, 2.24) is 20.2 Å². The summed E-state index contributed by atoms with van der Waals surface area (Å²) in [5.74, 6) is 0.423. The zero-order valence-corrected chi connectivity index (χ0v) is 16.2. The lowest BCUT2D eigenvalue weighted by Crippen LogP contribution is -2.46. The van der Waals surface area contributed by atoms with Crippen LogP contribution in [-0.2, 0) is 0 Å². The van der Waals surface area contributed by atoms with Crippen molar-refractivity contribution >= 4 is 28.7 Å². The third-order valence-electron chi connectivity index (χ3n) is 5.36. The van der Waals surface area contributed by atoms with Crippen molar-refractivity contribution < 1.29 is 9.59 Å². The molecule has 1 aromatic heterocycles. The van der Waals surface area contributed by atoms with E-state index in [1.54, 1.807) is 24.3 Å². The number of para-hydroxylation sites is 2. The summed E-state index contributed by atoms with van der Waals surface area (Å²) in [5.41, 5.74) is 8.21. The van der Waals surface area contributed by atoms with E-state index in [9.17, 15) is 9.59 Å². The molecule has 0 spiro atoms. The average molecular weight is 392 g/mol. The molecule has 0 radical (unpaired) electrons. The van der Waals surface area contributed by atoms with Crippen molar-refractivity contribution in [2.45, 2.75) is 24.9 Å². The molecule has 3 amide bonds. The first-order valence-electron chi connectivity index (χ1n) is 9.62. The molecule has 8 nitrogen and oxygen atoms in total. The quantitative estimate of drug-likeness (QED) is 0.546. The molecule has 5 N–H and O–H groups in total. The number of likely N-dealkylation sites (tertiary alicyclic amines) is 1. The minimum atomic E-state index is -0.496. The smallest absolute Gasteiger partial charge is 0.319 e. The molecule has 1 aliphatic rings. The van der Waals surface area contributed by atoms with E-state index in [1.165, 1.54) is 0 Å². The first-order valence-corrected chi connectivity index (χ1v) is 9.62. The highest BCUT2D eigenvalue weighted by atomic mass is 16.2. The standard InChI is InChI=1S/C21H24N6O2/c1-27-11-10-15(12-18(27)20-25-16-4-2-3-5-17(16)26-20)24-21(29)23-14-8-6-13(7-9-14)19(22)28/h2-9,15,18H,10-12H2,1H3,(H2,22,28)(H,25,26)(H2,23,24,29)/t15-,18-/m1/s1. The van der Waals surface area contributed by atoms with Crippen molar-refractivity contribution in [1.29, 1.82) is 0 Å². The SMILES string of the molecule is CN1CC[C@@H](NC(=O)Nc2ccc(C(N)=O)cc2)C[C@@H]1c1nc2ccccc2[nH]1. The van der Waals surface area contributed by atoms with Crippen LogP contribution in [0.2, 0.25) is 0 Å². The number of fused-ring (bicyclic) bond motifs is 1. The van der Waals surface area contributed by atoms with E-state index >= 15 is 0 Å². The van der Waals surface area contributed by atoms with Crippen LogP contribution >= 0.6 is 0 Å². The van der Waals surface area contributed by atoms with Crippen LogP contribution in [-0.4, -0.2) is 46.4 Å². The average Bonchev–Trinajstić information content (AvgIpc) is 3.14. The predicted octanol–water partition coefficient (Wildman–Crippen LogP) is 2.62. The highest BCUT2D eigenvalue weighted by Gasteiger charge is 2.30. The number of imidazole rings is 1. The normalized spacial score (nSPS) is 19.8.